The van der Waals surface area contributed by atoms with Crippen molar-refractivity contribution < 1.29 is 15.0 Å². The van der Waals surface area contributed by atoms with E-state index in [0.29, 0.717) is 11.3 Å². The molecule has 0 aliphatic rings. The van der Waals surface area contributed by atoms with Crippen LogP contribution in [0, 0.1) is 18.3 Å². The summed E-state index contributed by atoms with van der Waals surface area (Å²) in [6, 6.07) is 7.80. The molecule has 9 nitrogen and oxygen atoms in total. The molecule has 0 aliphatic carbocycles. The lowest BCUT2D eigenvalue weighted by molar-refractivity contribution is 0.100. The van der Waals surface area contributed by atoms with Gasteiger partial charge in [-0.3, -0.25) is 14.2 Å². The summed E-state index contributed by atoms with van der Waals surface area (Å²) >= 11 is 0. The van der Waals surface area contributed by atoms with Crippen LogP contribution in [0.25, 0.3) is 0 Å². The van der Waals surface area contributed by atoms with Crippen LogP contribution < -0.4 is 11.3 Å². The fraction of sp³-hybridized carbons (Fsp3) is 0.235. The van der Waals surface area contributed by atoms with Crippen molar-refractivity contribution >= 4 is 17.3 Å². The van der Waals surface area contributed by atoms with E-state index in [1.165, 1.54) is 31.2 Å². The number of hydrogen-bond acceptors (Lipinski definition) is 7. The highest BCUT2D eigenvalue weighted by Crippen LogP contribution is 2.27. The highest BCUT2D eigenvalue weighted by molar-refractivity contribution is 5.92. The second kappa shape index (κ2) is 8.04. The van der Waals surface area contributed by atoms with E-state index in [1.807, 2.05) is 6.07 Å². The first-order valence-corrected chi connectivity index (χ1v) is 7.69. The Morgan fingerprint density at radius 2 is 1.96 bits per heavy atom. The van der Waals surface area contributed by atoms with Gasteiger partial charge in [-0.05, 0) is 37.6 Å². The molecule has 0 unspecified atom stereocenters. The number of aliphatic hydroxyl groups is 1. The number of nitrogens with zero attached hydrogens (tertiary/aromatic N) is 4. The van der Waals surface area contributed by atoms with Crippen molar-refractivity contribution in [3.63, 3.8) is 0 Å². The van der Waals surface area contributed by atoms with Gasteiger partial charge in [0.15, 0.2) is 5.69 Å². The molecule has 2 aromatic rings. The van der Waals surface area contributed by atoms with Gasteiger partial charge in [0.2, 0.25) is 11.8 Å². The summed E-state index contributed by atoms with van der Waals surface area (Å²) in [5.41, 5.74) is 5.26. The Balaban J connectivity index is 2.49. The summed E-state index contributed by atoms with van der Waals surface area (Å²) in [5, 5.41) is 36.2. The van der Waals surface area contributed by atoms with Crippen molar-refractivity contribution in [1.82, 2.24) is 4.57 Å². The van der Waals surface area contributed by atoms with Crippen molar-refractivity contribution in [3.05, 3.63) is 51.3 Å². The molecule has 1 aromatic carbocycles. The standard InChI is InChI=1S/C17H17N5O4/c1-10-13(9-18)16(25)22(7-2-8-23)17(26)14(10)21-20-12-5-3-11(4-6-12)15(19)24/h3-6,23,25H,2,7-8H2,1H3,(H2,19,24). The number of hydrogen-bond donors (Lipinski definition) is 3. The number of nitriles is 1. The van der Waals surface area contributed by atoms with Gasteiger partial charge in [0.1, 0.15) is 11.6 Å². The Hall–Kier alpha value is -3.51. The van der Waals surface area contributed by atoms with Gasteiger partial charge >= 0.3 is 0 Å². The lowest BCUT2D eigenvalue weighted by atomic mass is 10.1. The van der Waals surface area contributed by atoms with Gasteiger partial charge in [-0.15, -0.1) is 5.11 Å². The predicted molar refractivity (Wildman–Crippen MR) is 92.7 cm³/mol. The van der Waals surface area contributed by atoms with Gasteiger partial charge in [0.25, 0.3) is 5.56 Å². The number of rotatable bonds is 6. The van der Waals surface area contributed by atoms with Crippen LogP contribution in [0.3, 0.4) is 0 Å². The summed E-state index contributed by atoms with van der Waals surface area (Å²) in [6.45, 7) is 1.34. The maximum atomic E-state index is 12.5. The molecular weight excluding hydrogens is 338 g/mol. The zero-order valence-electron chi connectivity index (χ0n) is 14.0. The molecule has 0 fully saturated rings. The Kier molecular flexibility index (Phi) is 5.82. The van der Waals surface area contributed by atoms with Gasteiger partial charge in [0, 0.05) is 24.3 Å². The van der Waals surface area contributed by atoms with Crippen LogP contribution in [0.2, 0.25) is 0 Å². The van der Waals surface area contributed by atoms with Gasteiger partial charge in [-0.2, -0.15) is 10.4 Å². The van der Waals surface area contributed by atoms with Crippen molar-refractivity contribution in [2.75, 3.05) is 6.61 Å². The summed E-state index contributed by atoms with van der Waals surface area (Å²) in [7, 11) is 0. The molecule has 0 spiro atoms. The molecule has 2 rings (SSSR count). The lowest BCUT2D eigenvalue weighted by Crippen LogP contribution is -2.22. The molecule has 4 N–H and O–H groups in total. The summed E-state index contributed by atoms with van der Waals surface area (Å²) in [6.07, 6.45) is 0.229. The molecule has 0 bridgehead atoms. The molecule has 1 aromatic heterocycles. The van der Waals surface area contributed by atoms with Gasteiger partial charge in [-0.1, -0.05) is 0 Å². The quantitative estimate of drug-likeness (QED) is 0.672. The number of aromatic hydroxyl groups is 1. The molecule has 0 atom stereocenters. The number of primary amides is 1. The van der Waals surface area contributed by atoms with Crippen LogP contribution in [0.5, 0.6) is 5.88 Å². The highest BCUT2D eigenvalue weighted by Gasteiger charge is 2.18. The van der Waals surface area contributed by atoms with Crippen LogP contribution in [0.1, 0.15) is 27.9 Å². The second-order valence-corrected chi connectivity index (χ2v) is 5.43. The van der Waals surface area contributed by atoms with E-state index in [1.54, 1.807) is 0 Å². The van der Waals surface area contributed by atoms with E-state index in [4.69, 9.17) is 10.8 Å². The van der Waals surface area contributed by atoms with Crippen LogP contribution in [0.15, 0.2) is 39.3 Å². The average Bonchev–Trinajstić information content (AvgIpc) is 2.62. The predicted octanol–water partition coefficient (Wildman–Crippen LogP) is 1.63. The summed E-state index contributed by atoms with van der Waals surface area (Å²) < 4.78 is 0.978. The Morgan fingerprint density at radius 1 is 1.31 bits per heavy atom. The maximum Gasteiger partial charge on any atom is 0.281 e. The van der Waals surface area contributed by atoms with Gasteiger partial charge in [0.05, 0.1) is 5.69 Å². The van der Waals surface area contributed by atoms with E-state index in [-0.39, 0.29) is 36.4 Å². The number of carbonyl (C=O) groups is 1. The van der Waals surface area contributed by atoms with E-state index in [2.05, 4.69) is 10.2 Å². The van der Waals surface area contributed by atoms with Crippen LogP contribution in [0.4, 0.5) is 11.4 Å². The Labute approximate surface area is 148 Å². The molecule has 9 heteroatoms. The van der Waals surface area contributed by atoms with Crippen molar-refractivity contribution in [3.8, 4) is 11.9 Å². The SMILES string of the molecule is Cc1c(C#N)c(O)n(CCCO)c(=O)c1N=Nc1ccc(C(N)=O)cc1. The third-order valence-electron chi connectivity index (χ3n) is 3.73. The molecule has 0 radical (unpaired) electrons. The molecule has 0 saturated heterocycles. The molecule has 1 heterocycles. The van der Waals surface area contributed by atoms with Crippen molar-refractivity contribution in [2.45, 2.75) is 19.9 Å². The largest absolute Gasteiger partial charge is 0.493 e. The second-order valence-electron chi connectivity index (χ2n) is 5.43. The molecule has 0 aliphatic heterocycles. The van der Waals surface area contributed by atoms with Gasteiger partial charge < -0.3 is 15.9 Å². The van der Waals surface area contributed by atoms with Crippen LogP contribution in [-0.4, -0.2) is 27.3 Å². The van der Waals surface area contributed by atoms with E-state index in [9.17, 15) is 20.0 Å². The molecule has 1 amide bonds. The van der Waals surface area contributed by atoms with Crippen LogP contribution >= 0.6 is 0 Å². The fourth-order valence-corrected chi connectivity index (χ4v) is 2.29. The Bertz CT molecular complexity index is 955. The zero-order valence-corrected chi connectivity index (χ0v) is 14.0. The molecule has 26 heavy (non-hydrogen) atoms. The smallest absolute Gasteiger partial charge is 0.281 e. The number of nitrogens with two attached hydrogens (primary N) is 1. The number of aliphatic hydroxyl groups excluding tert-OH is 1. The molecular formula is C17H17N5O4. The minimum atomic E-state index is -0.620. The molecule has 134 valence electrons. The summed E-state index contributed by atoms with van der Waals surface area (Å²) in [5.74, 6) is -1.04. The number of amides is 1. The highest BCUT2D eigenvalue weighted by atomic mass is 16.3. The van der Waals surface area contributed by atoms with E-state index >= 15 is 0 Å². The van der Waals surface area contributed by atoms with Crippen molar-refractivity contribution in [2.24, 2.45) is 16.0 Å². The van der Waals surface area contributed by atoms with E-state index in [0.717, 1.165) is 4.57 Å². The lowest BCUT2D eigenvalue weighted by Gasteiger charge is -2.12. The van der Waals surface area contributed by atoms with E-state index < -0.39 is 17.3 Å². The topological polar surface area (TPSA) is 154 Å². The summed E-state index contributed by atoms with van der Waals surface area (Å²) in [4.78, 5) is 23.6. The van der Waals surface area contributed by atoms with Crippen molar-refractivity contribution in [1.29, 1.82) is 5.26 Å². The third-order valence-corrected chi connectivity index (χ3v) is 3.73. The number of carbonyl (C=O) groups excluding carboxylic acids is 1. The van der Waals surface area contributed by atoms with Crippen LogP contribution in [-0.2, 0) is 6.54 Å². The number of azo groups is 1. The number of aromatic nitrogens is 1. The first-order chi connectivity index (χ1) is 12.4. The average molecular weight is 355 g/mol. The minimum Gasteiger partial charge on any atom is -0.493 e. The number of benzene rings is 1. The third kappa shape index (κ3) is 3.76. The zero-order chi connectivity index (χ0) is 19.3. The first-order valence-electron chi connectivity index (χ1n) is 7.69. The minimum absolute atomic E-state index is 0.0337. The molecule has 0 saturated carbocycles. The Morgan fingerprint density at radius 3 is 2.50 bits per heavy atom. The fourth-order valence-electron chi connectivity index (χ4n) is 2.29. The first kappa shape index (κ1) is 18.8. The van der Waals surface area contributed by atoms with Gasteiger partial charge in [-0.25, -0.2) is 0 Å². The monoisotopic (exact) mass is 355 g/mol. The normalized spacial score (nSPS) is 10.8. The number of pyridine rings is 1. The maximum absolute atomic E-state index is 12.5.